The van der Waals surface area contributed by atoms with E-state index in [4.69, 9.17) is 19.5 Å². The van der Waals surface area contributed by atoms with E-state index in [-0.39, 0.29) is 79.8 Å². The number of aromatic nitrogens is 1. The summed E-state index contributed by atoms with van der Waals surface area (Å²) < 4.78 is 13.9. The number of hydrogen-bond donors (Lipinski definition) is 3. The van der Waals surface area contributed by atoms with E-state index in [9.17, 15) is 9.59 Å². The number of nitrogens with one attached hydrogen (secondary N) is 3. The fourth-order valence-electron chi connectivity index (χ4n) is 12.0. The molecule has 2 amide bonds. The second kappa shape index (κ2) is 22.0. The molecule has 0 saturated heterocycles. The van der Waals surface area contributed by atoms with Gasteiger partial charge in [0.2, 0.25) is 0 Å². The minimum Gasteiger partial charge on any atom is -0.458 e. The Morgan fingerprint density at radius 1 is 0.560 bits per heavy atom. The Labute approximate surface area is 450 Å². The van der Waals surface area contributed by atoms with Crippen molar-refractivity contribution in [2.24, 2.45) is 78.0 Å². The molecular weight excluding hydrogens is 935 g/mol. The SMILES string of the molecule is CC1CC(C(C)(C)C)C(OC(=O)C2=C(CC(C)(C)C)C(=Nc3[nH]c(NC(=O)c4ccccc4)c(C(=O)OC4C(C(C)(C)C)CC(C)CC4C(C)(C)C)c3CC(C)(C)C)N=C2NC(=O)c2ccccc2)C(C(C)(C)C)C1. The van der Waals surface area contributed by atoms with Crippen LogP contribution in [0.4, 0.5) is 11.6 Å². The van der Waals surface area contributed by atoms with E-state index in [1.165, 1.54) is 0 Å². The molecular formula is C64H93N5O6. The lowest BCUT2D eigenvalue weighted by molar-refractivity contribution is -0.164. The summed E-state index contributed by atoms with van der Waals surface area (Å²) >= 11 is 0. The van der Waals surface area contributed by atoms with Crippen molar-refractivity contribution >= 4 is 47.1 Å². The quantitative estimate of drug-likeness (QED) is 0.172. The number of esters is 2. The number of anilines is 1. The number of H-pyrrole nitrogens is 1. The molecule has 410 valence electrons. The summed E-state index contributed by atoms with van der Waals surface area (Å²) in [5.74, 6) is -0.156. The molecule has 11 heteroatoms. The maximum Gasteiger partial charge on any atom is 0.342 e. The first-order chi connectivity index (χ1) is 34.4. The number of hydrogen-bond acceptors (Lipinski definition) is 7. The van der Waals surface area contributed by atoms with Gasteiger partial charge in [0.15, 0.2) is 5.84 Å². The first kappa shape index (κ1) is 58.9. The maximum atomic E-state index is 15.6. The Balaban J connectivity index is 1.61. The molecule has 1 aliphatic heterocycles. The molecule has 2 aromatic carbocycles. The summed E-state index contributed by atoms with van der Waals surface area (Å²) in [6.45, 7) is 43.8. The third kappa shape index (κ3) is 14.6. The molecule has 1 aromatic heterocycles. The van der Waals surface area contributed by atoms with Gasteiger partial charge in [0, 0.05) is 45.9 Å². The first-order valence-corrected chi connectivity index (χ1v) is 27.7. The van der Waals surface area contributed by atoms with Gasteiger partial charge in [-0.3, -0.25) is 9.59 Å². The highest BCUT2D eigenvalue weighted by molar-refractivity contribution is 6.34. The molecule has 2 fully saturated rings. The van der Waals surface area contributed by atoms with Crippen LogP contribution in [-0.2, 0) is 20.7 Å². The van der Waals surface area contributed by atoms with E-state index in [2.05, 4.69) is 154 Å². The van der Waals surface area contributed by atoms with Crippen molar-refractivity contribution in [2.75, 3.05) is 5.32 Å². The Morgan fingerprint density at radius 3 is 1.33 bits per heavy atom. The number of nitrogens with zero attached hydrogens (tertiary/aromatic N) is 2. The van der Waals surface area contributed by atoms with Crippen LogP contribution in [0, 0.1) is 68.0 Å². The second-order valence-electron chi connectivity index (χ2n) is 29.3. The van der Waals surface area contributed by atoms with Crippen molar-refractivity contribution in [3.8, 4) is 0 Å². The van der Waals surface area contributed by atoms with Gasteiger partial charge in [0.25, 0.3) is 11.8 Å². The van der Waals surface area contributed by atoms with E-state index in [1.54, 1.807) is 48.5 Å². The topological polar surface area (TPSA) is 151 Å². The summed E-state index contributed by atoms with van der Waals surface area (Å²) in [4.78, 5) is 73.4. The van der Waals surface area contributed by atoms with Crippen molar-refractivity contribution in [1.29, 1.82) is 0 Å². The highest BCUT2D eigenvalue weighted by atomic mass is 16.5. The van der Waals surface area contributed by atoms with Gasteiger partial charge in [-0.15, -0.1) is 0 Å². The minimum absolute atomic E-state index is 0.0461. The van der Waals surface area contributed by atoms with E-state index < -0.39 is 46.8 Å². The largest absolute Gasteiger partial charge is 0.458 e. The number of aromatic amines is 1. The Bertz CT molecular complexity index is 2600. The number of amidine groups is 2. The van der Waals surface area contributed by atoms with Gasteiger partial charge in [-0.25, -0.2) is 19.6 Å². The summed E-state index contributed by atoms with van der Waals surface area (Å²) in [6.07, 6.45) is 3.50. The standard InChI is InChI=1S/C64H93N5O6/c1-37-31-43(61(9,10)11)49(44(32-37)62(12,13)14)74-57(72)47-41(35-59(3,4)5)51(66-53(47)68-55(70)39-27-23-21-24-28-39)65-52-42(36-60(6,7)8)48(54(67-52)69-56(71)40-29-25-22-26-30-40)58(73)75-50-45(63(15,16)17)33-38(2)34-46(50)64(18,19)20/h21-30,37-38,43-46,49-50,66H,31-36H2,1-20H3,(H,68,70)(H,65,67,69,71). The zero-order valence-corrected chi connectivity index (χ0v) is 49.5. The third-order valence-corrected chi connectivity index (χ3v) is 15.8. The molecule has 3 aliphatic rings. The number of aliphatic imine (C=N–C) groups is 2. The molecule has 4 atom stereocenters. The fraction of sp³-hybridized carbons (Fsp3) is 0.625. The summed E-state index contributed by atoms with van der Waals surface area (Å²) in [5.41, 5.74) is 0.711. The molecule has 0 spiro atoms. The predicted molar refractivity (Wildman–Crippen MR) is 306 cm³/mol. The number of rotatable bonds is 10. The lowest BCUT2D eigenvalue weighted by atomic mass is 9.59. The third-order valence-electron chi connectivity index (χ3n) is 15.8. The van der Waals surface area contributed by atoms with Crippen molar-refractivity contribution in [3.63, 3.8) is 0 Å². The van der Waals surface area contributed by atoms with E-state index in [1.807, 2.05) is 12.1 Å². The molecule has 3 aromatic rings. The highest BCUT2D eigenvalue weighted by Gasteiger charge is 2.51. The fourth-order valence-corrected chi connectivity index (χ4v) is 12.0. The predicted octanol–water partition coefficient (Wildman–Crippen LogP) is 15.4. The normalized spacial score (nSPS) is 24.7. The van der Waals surface area contributed by atoms with Crippen LogP contribution >= 0.6 is 0 Å². The van der Waals surface area contributed by atoms with Gasteiger partial charge in [0.05, 0.1) is 0 Å². The number of amides is 2. The Kier molecular flexibility index (Phi) is 17.3. The number of ether oxygens (including phenoxy) is 2. The van der Waals surface area contributed by atoms with Crippen molar-refractivity contribution < 1.29 is 28.7 Å². The van der Waals surface area contributed by atoms with Gasteiger partial charge >= 0.3 is 11.9 Å². The van der Waals surface area contributed by atoms with Crippen LogP contribution < -0.4 is 10.6 Å². The Morgan fingerprint density at radius 2 is 0.947 bits per heavy atom. The molecule has 2 aliphatic carbocycles. The lowest BCUT2D eigenvalue weighted by Gasteiger charge is -2.50. The highest BCUT2D eigenvalue weighted by Crippen LogP contribution is 2.52. The summed E-state index contributed by atoms with van der Waals surface area (Å²) in [5, 5.41) is 6.10. The Hall–Kier alpha value is -5.32. The molecule has 11 nitrogen and oxygen atoms in total. The zero-order valence-electron chi connectivity index (χ0n) is 49.5. The molecule has 3 N–H and O–H groups in total. The van der Waals surface area contributed by atoms with Crippen LogP contribution in [0.3, 0.4) is 0 Å². The van der Waals surface area contributed by atoms with Crippen LogP contribution in [-0.4, -0.2) is 52.6 Å². The monoisotopic (exact) mass is 1030 g/mol. The van der Waals surface area contributed by atoms with Crippen molar-refractivity contribution in [3.05, 3.63) is 94.1 Å². The van der Waals surface area contributed by atoms with Crippen LogP contribution in [0.2, 0.25) is 0 Å². The van der Waals surface area contributed by atoms with Crippen LogP contribution in [0.25, 0.3) is 0 Å². The average molecular weight is 1030 g/mol. The van der Waals surface area contributed by atoms with Gasteiger partial charge < -0.3 is 25.1 Å². The molecule has 0 bridgehead atoms. The molecule has 2 saturated carbocycles. The number of benzene rings is 2. The number of carbonyl (C=O) groups is 4. The first-order valence-electron chi connectivity index (χ1n) is 27.7. The molecule has 4 unspecified atom stereocenters. The zero-order chi connectivity index (χ0) is 56.0. The number of carbonyl (C=O) groups excluding carboxylic acids is 4. The lowest BCUT2D eigenvalue weighted by Crippen LogP contribution is -2.50. The van der Waals surface area contributed by atoms with E-state index >= 15 is 9.59 Å². The maximum absolute atomic E-state index is 15.6. The molecule has 75 heavy (non-hydrogen) atoms. The van der Waals surface area contributed by atoms with Crippen molar-refractivity contribution in [1.82, 2.24) is 10.3 Å². The van der Waals surface area contributed by atoms with Gasteiger partial charge in [0.1, 0.15) is 40.8 Å². The van der Waals surface area contributed by atoms with Crippen molar-refractivity contribution in [2.45, 2.75) is 189 Å². The van der Waals surface area contributed by atoms with Crippen LogP contribution in [0.15, 0.2) is 81.8 Å². The van der Waals surface area contributed by atoms with Gasteiger partial charge in [-0.1, -0.05) is 175 Å². The van der Waals surface area contributed by atoms with Crippen LogP contribution in [0.5, 0.6) is 0 Å². The summed E-state index contributed by atoms with van der Waals surface area (Å²) in [7, 11) is 0. The molecule has 2 heterocycles. The van der Waals surface area contributed by atoms with Crippen LogP contribution in [0.1, 0.15) is 207 Å². The smallest absolute Gasteiger partial charge is 0.342 e. The summed E-state index contributed by atoms with van der Waals surface area (Å²) in [6, 6.07) is 17.7. The average Bonchev–Trinajstić information content (AvgIpc) is 3.76. The van der Waals surface area contributed by atoms with Gasteiger partial charge in [-0.2, -0.15) is 0 Å². The molecule has 0 radical (unpaired) electrons. The molecule has 6 rings (SSSR count). The van der Waals surface area contributed by atoms with E-state index in [0.29, 0.717) is 46.9 Å². The van der Waals surface area contributed by atoms with Gasteiger partial charge in [-0.05, 0) is 107 Å². The van der Waals surface area contributed by atoms with E-state index in [0.717, 1.165) is 25.7 Å². The second-order valence-corrected chi connectivity index (χ2v) is 29.3. The minimum atomic E-state index is -0.570.